The van der Waals surface area contributed by atoms with Crippen molar-refractivity contribution in [3.05, 3.63) is 30.3 Å². The molecule has 2 rings (SSSR count). The standard InChI is InChI=1S/C16H21N3O2/c1-13(20)14-7-9-18(11-14)12-16(21)19(10-8-17)15-5-3-2-4-6-15/h2-6,13-14,20H,7,9-12H2,1H3. The van der Waals surface area contributed by atoms with Crippen LogP contribution in [0.25, 0.3) is 0 Å². The van der Waals surface area contributed by atoms with E-state index in [0.29, 0.717) is 6.54 Å². The maximum absolute atomic E-state index is 12.4. The molecule has 1 aliphatic rings. The van der Waals surface area contributed by atoms with Crippen LogP contribution in [0.5, 0.6) is 0 Å². The molecule has 5 heteroatoms. The molecular formula is C16H21N3O2. The van der Waals surface area contributed by atoms with Crippen LogP contribution in [0, 0.1) is 17.2 Å². The molecular weight excluding hydrogens is 266 g/mol. The first-order chi connectivity index (χ1) is 10.1. The minimum atomic E-state index is -0.338. The first-order valence-electron chi connectivity index (χ1n) is 7.24. The number of amides is 1. The molecule has 0 aliphatic carbocycles. The maximum Gasteiger partial charge on any atom is 0.242 e. The van der Waals surface area contributed by atoms with E-state index in [1.54, 1.807) is 6.92 Å². The molecule has 1 fully saturated rings. The lowest BCUT2D eigenvalue weighted by Gasteiger charge is -2.23. The molecule has 2 unspecified atom stereocenters. The first-order valence-corrected chi connectivity index (χ1v) is 7.24. The number of aliphatic hydroxyl groups excluding tert-OH is 1. The molecule has 0 radical (unpaired) electrons. The number of benzene rings is 1. The Morgan fingerprint density at radius 2 is 2.24 bits per heavy atom. The molecule has 112 valence electrons. The van der Waals surface area contributed by atoms with Gasteiger partial charge in [0.15, 0.2) is 0 Å². The van der Waals surface area contributed by atoms with Crippen LogP contribution in [0.2, 0.25) is 0 Å². The molecule has 1 aliphatic heterocycles. The van der Waals surface area contributed by atoms with Gasteiger partial charge in [0.2, 0.25) is 5.91 Å². The lowest BCUT2D eigenvalue weighted by Crippen LogP contribution is -2.40. The minimum absolute atomic E-state index is 0.0521. The second-order valence-electron chi connectivity index (χ2n) is 5.50. The summed E-state index contributed by atoms with van der Waals surface area (Å²) in [5, 5.41) is 18.5. The van der Waals surface area contributed by atoms with Gasteiger partial charge in [0.05, 0.1) is 18.7 Å². The lowest BCUT2D eigenvalue weighted by molar-refractivity contribution is -0.119. The van der Waals surface area contributed by atoms with E-state index in [2.05, 4.69) is 0 Å². The molecule has 1 aromatic carbocycles. The zero-order valence-corrected chi connectivity index (χ0v) is 12.3. The Kier molecular flexibility index (Phi) is 5.32. The molecule has 0 bridgehead atoms. The fourth-order valence-electron chi connectivity index (χ4n) is 2.68. The summed E-state index contributed by atoms with van der Waals surface area (Å²) in [5.41, 5.74) is 0.746. The van der Waals surface area contributed by atoms with E-state index >= 15 is 0 Å². The van der Waals surface area contributed by atoms with Crippen molar-refractivity contribution < 1.29 is 9.90 Å². The third kappa shape index (κ3) is 4.03. The van der Waals surface area contributed by atoms with E-state index in [1.165, 1.54) is 4.90 Å². The summed E-state index contributed by atoms with van der Waals surface area (Å²) < 4.78 is 0. The predicted octanol–water partition coefficient (Wildman–Crippen LogP) is 1.25. The van der Waals surface area contributed by atoms with Crippen molar-refractivity contribution >= 4 is 11.6 Å². The monoisotopic (exact) mass is 287 g/mol. The molecule has 0 saturated carbocycles. The van der Waals surface area contributed by atoms with Crippen LogP contribution in [0.3, 0.4) is 0 Å². The molecule has 1 amide bonds. The van der Waals surface area contributed by atoms with Crippen LogP contribution in [0.1, 0.15) is 13.3 Å². The summed E-state index contributed by atoms with van der Waals surface area (Å²) in [4.78, 5) is 16.0. The highest BCUT2D eigenvalue weighted by Crippen LogP contribution is 2.20. The van der Waals surface area contributed by atoms with Crippen LogP contribution in [-0.2, 0) is 4.79 Å². The number of hydrogen-bond acceptors (Lipinski definition) is 4. The van der Waals surface area contributed by atoms with Crippen LogP contribution >= 0.6 is 0 Å². The summed E-state index contributed by atoms with van der Waals surface area (Å²) in [6.07, 6.45) is 0.573. The van der Waals surface area contributed by atoms with Crippen molar-refractivity contribution in [1.29, 1.82) is 5.26 Å². The minimum Gasteiger partial charge on any atom is -0.393 e. The number of anilines is 1. The Balaban J connectivity index is 1.99. The van der Waals surface area contributed by atoms with Gasteiger partial charge in [-0.1, -0.05) is 18.2 Å². The van der Waals surface area contributed by atoms with E-state index in [-0.39, 0.29) is 24.5 Å². The SMILES string of the molecule is CC(O)C1CCN(CC(=O)N(CC#N)c2ccccc2)C1. The van der Waals surface area contributed by atoms with Gasteiger partial charge in [-0.2, -0.15) is 5.26 Å². The number of carbonyl (C=O) groups excluding carboxylic acids is 1. The number of nitrogens with zero attached hydrogens (tertiary/aromatic N) is 3. The van der Waals surface area contributed by atoms with Crippen molar-refractivity contribution in [3.63, 3.8) is 0 Å². The van der Waals surface area contributed by atoms with Gasteiger partial charge in [-0.25, -0.2) is 0 Å². The van der Waals surface area contributed by atoms with Crippen LogP contribution in [0.15, 0.2) is 30.3 Å². The Morgan fingerprint density at radius 3 is 2.81 bits per heavy atom. The van der Waals surface area contributed by atoms with Crippen molar-refractivity contribution in [2.45, 2.75) is 19.4 Å². The Bertz CT molecular complexity index is 510. The van der Waals surface area contributed by atoms with E-state index in [9.17, 15) is 9.90 Å². The van der Waals surface area contributed by atoms with Gasteiger partial charge in [0, 0.05) is 12.2 Å². The Hall–Kier alpha value is -1.90. The maximum atomic E-state index is 12.4. The highest BCUT2D eigenvalue weighted by Gasteiger charge is 2.28. The number of para-hydroxylation sites is 1. The van der Waals surface area contributed by atoms with Crippen molar-refractivity contribution in [1.82, 2.24) is 4.90 Å². The lowest BCUT2D eigenvalue weighted by atomic mass is 10.0. The van der Waals surface area contributed by atoms with Gasteiger partial charge >= 0.3 is 0 Å². The van der Waals surface area contributed by atoms with Gasteiger partial charge in [-0.3, -0.25) is 14.6 Å². The first kappa shape index (κ1) is 15.5. The smallest absolute Gasteiger partial charge is 0.242 e. The summed E-state index contributed by atoms with van der Waals surface area (Å²) in [6.45, 7) is 3.69. The number of carbonyl (C=O) groups is 1. The third-order valence-electron chi connectivity index (χ3n) is 3.95. The molecule has 1 N–H and O–H groups in total. The van der Waals surface area contributed by atoms with E-state index < -0.39 is 0 Å². The number of likely N-dealkylation sites (tertiary alicyclic amines) is 1. The fraction of sp³-hybridized carbons (Fsp3) is 0.500. The highest BCUT2D eigenvalue weighted by molar-refractivity contribution is 5.95. The molecule has 1 aromatic rings. The van der Waals surface area contributed by atoms with Gasteiger partial charge in [-0.15, -0.1) is 0 Å². The van der Waals surface area contributed by atoms with Gasteiger partial charge < -0.3 is 5.11 Å². The second kappa shape index (κ2) is 7.21. The molecule has 1 heterocycles. The highest BCUT2D eigenvalue weighted by atomic mass is 16.3. The van der Waals surface area contributed by atoms with E-state index in [4.69, 9.17) is 5.26 Å². The van der Waals surface area contributed by atoms with Crippen LogP contribution in [-0.4, -0.2) is 48.2 Å². The number of nitriles is 1. The second-order valence-corrected chi connectivity index (χ2v) is 5.50. The molecule has 5 nitrogen and oxygen atoms in total. The van der Waals surface area contributed by atoms with Crippen LogP contribution in [0.4, 0.5) is 5.69 Å². The van der Waals surface area contributed by atoms with E-state index in [1.807, 2.05) is 41.3 Å². The molecule has 1 saturated heterocycles. The molecule has 2 atom stereocenters. The third-order valence-corrected chi connectivity index (χ3v) is 3.95. The van der Waals surface area contributed by atoms with Gasteiger partial charge in [0.1, 0.15) is 6.54 Å². The molecule has 0 spiro atoms. The Morgan fingerprint density at radius 1 is 1.52 bits per heavy atom. The summed E-state index contributed by atoms with van der Waals surface area (Å²) in [6, 6.07) is 11.3. The normalized spacial score (nSPS) is 20.0. The van der Waals surface area contributed by atoms with Crippen molar-refractivity contribution in [2.24, 2.45) is 5.92 Å². The van der Waals surface area contributed by atoms with Crippen LogP contribution < -0.4 is 4.90 Å². The summed E-state index contributed by atoms with van der Waals surface area (Å²) in [7, 11) is 0. The quantitative estimate of drug-likeness (QED) is 0.828. The average Bonchev–Trinajstić information content (AvgIpc) is 2.94. The van der Waals surface area contributed by atoms with Gasteiger partial charge in [0.25, 0.3) is 0 Å². The largest absolute Gasteiger partial charge is 0.393 e. The van der Waals surface area contributed by atoms with E-state index in [0.717, 1.165) is 25.2 Å². The molecule has 21 heavy (non-hydrogen) atoms. The topological polar surface area (TPSA) is 67.6 Å². The number of rotatable bonds is 5. The number of hydrogen-bond donors (Lipinski definition) is 1. The Labute approximate surface area is 125 Å². The molecule has 0 aromatic heterocycles. The average molecular weight is 287 g/mol. The van der Waals surface area contributed by atoms with Gasteiger partial charge in [-0.05, 0) is 37.9 Å². The summed E-state index contributed by atoms with van der Waals surface area (Å²) in [5.74, 6) is 0.160. The summed E-state index contributed by atoms with van der Waals surface area (Å²) >= 11 is 0. The van der Waals surface area contributed by atoms with Crippen molar-refractivity contribution in [2.75, 3.05) is 31.1 Å². The zero-order valence-electron chi connectivity index (χ0n) is 12.3. The fourth-order valence-corrected chi connectivity index (χ4v) is 2.68. The van der Waals surface area contributed by atoms with Crippen molar-refractivity contribution in [3.8, 4) is 6.07 Å². The zero-order chi connectivity index (χ0) is 15.2. The predicted molar refractivity (Wildman–Crippen MR) is 80.6 cm³/mol. The number of aliphatic hydroxyl groups is 1.